The molecule has 5 nitrogen and oxygen atoms in total. The van der Waals surface area contributed by atoms with Crippen molar-refractivity contribution >= 4 is 29.2 Å². The van der Waals surface area contributed by atoms with E-state index in [4.69, 9.17) is 12.2 Å². The molecule has 0 aliphatic heterocycles. The summed E-state index contributed by atoms with van der Waals surface area (Å²) in [6, 6.07) is 16.9. The zero-order valence-electron chi connectivity index (χ0n) is 12.2. The van der Waals surface area contributed by atoms with Crippen LogP contribution in [0.1, 0.15) is 15.9 Å². The maximum atomic E-state index is 12.0. The summed E-state index contributed by atoms with van der Waals surface area (Å²) in [6.07, 6.45) is 0.261. The maximum absolute atomic E-state index is 12.0. The Morgan fingerprint density at radius 2 is 1.57 bits per heavy atom. The second-order valence-corrected chi connectivity index (χ2v) is 5.28. The van der Waals surface area contributed by atoms with Crippen LogP contribution in [-0.4, -0.2) is 28.1 Å². The molecule has 118 valence electrons. The van der Waals surface area contributed by atoms with Crippen LogP contribution in [0.3, 0.4) is 0 Å². The summed E-state index contributed by atoms with van der Waals surface area (Å²) in [5.41, 5.74) is 1.32. The van der Waals surface area contributed by atoms with Crippen LogP contribution in [0.15, 0.2) is 60.7 Å². The molecule has 0 spiro atoms. The molecule has 0 radical (unpaired) electrons. The normalized spacial score (nSPS) is 11.3. The molecule has 1 atom stereocenters. The molecule has 23 heavy (non-hydrogen) atoms. The molecule has 2 aromatic carbocycles. The average Bonchev–Trinajstić information content (AvgIpc) is 2.56. The summed E-state index contributed by atoms with van der Waals surface area (Å²) in [7, 11) is 0. The lowest BCUT2D eigenvalue weighted by Crippen LogP contribution is -2.48. The molecule has 0 heterocycles. The van der Waals surface area contributed by atoms with E-state index >= 15 is 0 Å². The largest absolute Gasteiger partial charge is 0.480 e. The van der Waals surface area contributed by atoms with Crippen LogP contribution >= 0.6 is 12.2 Å². The minimum absolute atomic E-state index is 0.0119. The van der Waals surface area contributed by atoms with E-state index in [2.05, 4.69) is 10.6 Å². The van der Waals surface area contributed by atoms with Crippen LogP contribution in [0.2, 0.25) is 0 Å². The minimum Gasteiger partial charge on any atom is -0.480 e. The van der Waals surface area contributed by atoms with Gasteiger partial charge in [0.2, 0.25) is 0 Å². The fourth-order valence-corrected chi connectivity index (χ4v) is 2.24. The van der Waals surface area contributed by atoms with E-state index in [-0.39, 0.29) is 17.4 Å². The Bertz CT molecular complexity index is 689. The van der Waals surface area contributed by atoms with Crippen LogP contribution in [0.5, 0.6) is 0 Å². The van der Waals surface area contributed by atoms with E-state index in [1.54, 1.807) is 30.3 Å². The lowest BCUT2D eigenvalue weighted by atomic mass is 10.1. The first kappa shape index (κ1) is 16.6. The molecule has 2 rings (SSSR count). The molecule has 6 heteroatoms. The van der Waals surface area contributed by atoms with Gasteiger partial charge in [-0.15, -0.1) is 0 Å². The summed E-state index contributed by atoms with van der Waals surface area (Å²) in [5.74, 6) is -1.42. The number of carboxylic acid groups (broad SMARTS) is 1. The molecule has 0 saturated heterocycles. The van der Waals surface area contributed by atoms with Crippen molar-refractivity contribution in [1.29, 1.82) is 0 Å². The predicted molar refractivity (Wildman–Crippen MR) is 91.2 cm³/mol. The van der Waals surface area contributed by atoms with Gasteiger partial charge in [0.25, 0.3) is 5.91 Å². The topological polar surface area (TPSA) is 78.4 Å². The highest BCUT2D eigenvalue weighted by Gasteiger charge is 2.19. The van der Waals surface area contributed by atoms with Gasteiger partial charge in [0.05, 0.1) is 0 Å². The number of hydrogen-bond donors (Lipinski definition) is 3. The smallest absolute Gasteiger partial charge is 0.326 e. The van der Waals surface area contributed by atoms with E-state index in [0.29, 0.717) is 5.56 Å². The lowest BCUT2D eigenvalue weighted by molar-refractivity contribution is -0.139. The van der Waals surface area contributed by atoms with E-state index in [0.717, 1.165) is 5.56 Å². The second-order valence-electron chi connectivity index (χ2n) is 4.87. The van der Waals surface area contributed by atoms with Gasteiger partial charge in [-0.05, 0) is 29.9 Å². The standard InChI is InChI=1S/C17H16N2O3S/c20-15(13-9-5-2-6-10-13)19-17(23)18-14(16(21)22)11-12-7-3-1-4-8-12/h1-10,14H,11H2,(H,21,22)(H2,18,19,20,23)/t14-/m1/s1. The van der Waals surface area contributed by atoms with Crippen LogP contribution in [0.25, 0.3) is 0 Å². The van der Waals surface area contributed by atoms with Crippen LogP contribution in [0, 0.1) is 0 Å². The van der Waals surface area contributed by atoms with Gasteiger partial charge in [0, 0.05) is 12.0 Å². The monoisotopic (exact) mass is 328 g/mol. The van der Waals surface area contributed by atoms with Crippen molar-refractivity contribution in [3.63, 3.8) is 0 Å². The number of hydrogen-bond acceptors (Lipinski definition) is 3. The average molecular weight is 328 g/mol. The third-order valence-electron chi connectivity index (χ3n) is 3.15. The van der Waals surface area contributed by atoms with Gasteiger partial charge in [0.1, 0.15) is 6.04 Å². The van der Waals surface area contributed by atoms with Crippen LogP contribution in [0.4, 0.5) is 0 Å². The van der Waals surface area contributed by atoms with Gasteiger partial charge in [0.15, 0.2) is 5.11 Å². The van der Waals surface area contributed by atoms with Gasteiger partial charge in [-0.2, -0.15) is 0 Å². The molecule has 2 aromatic rings. The van der Waals surface area contributed by atoms with Crippen molar-refractivity contribution in [2.75, 3.05) is 0 Å². The molecule has 3 N–H and O–H groups in total. The number of thiocarbonyl (C=S) groups is 1. The fourth-order valence-electron chi connectivity index (χ4n) is 2.01. The second kappa shape index (κ2) is 8.05. The van der Waals surface area contributed by atoms with Crippen molar-refractivity contribution in [2.24, 2.45) is 0 Å². The first-order valence-corrected chi connectivity index (χ1v) is 7.40. The summed E-state index contributed by atoms with van der Waals surface area (Å²) in [6.45, 7) is 0. The number of carbonyl (C=O) groups excluding carboxylic acids is 1. The maximum Gasteiger partial charge on any atom is 0.326 e. The highest BCUT2D eigenvalue weighted by atomic mass is 32.1. The molecule has 0 aliphatic rings. The predicted octanol–water partition coefficient (Wildman–Crippen LogP) is 1.99. The first-order valence-electron chi connectivity index (χ1n) is 7.00. The van der Waals surface area contributed by atoms with Gasteiger partial charge >= 0.3 is 5.97 Å². The van der Waals surface area contributed by atoms with Crippen molar-refractivity contribution < 1.29 is 14.7 Å². The van der Waals surface area contributed by atoms with Crippen LogP contribution < -0.4 is 10.6 Å². The van der Waals surface area contributed by atoms with Gasteiger partial charge in [-0.1, -0.05) is 48.5 Å². The number of carboxylic acids is 1. The highest BCUT2D eigenvalue weighted by molar-refractivity contribution is 7.80. The Morgan fingerprint density at radius 1 is 1.00 bits per heavy atom. The Labute approximate surface area is 139 Å². The summed E-state index contributed by atoms with van der Waals surface area (Å²) < 4.78 is 0. The molecule has 1 amide bonds. The third kappa shape index (κ3) is 5.19. The molecule has 0 aromatic heterocycles. The number of rotatable bonds is 5. The van der Waals surface area contributed by atoms with Gasteiger partial charge < -0.3 is 10.4 Å². The number of amides is 1. The van der Waals surface area contributed by atoms with Crippen molar-refractivity contribution in [1.82, 2.24) is 10.6 Å². The molecule has 0 unspecified atom stereocenters. The zero-order chi connectivity index (χ0) is 16.7. The van der Waals surface area contributed by atoms with E-state index in [1.165, 1.54) is 0 Å². The Hall–Kier alpha value is -2.73. The Morgan fingerprint density at radius 3 is 2.13 bits per heavy atom. The number of benzene rings is 2. The van der Waals surface area contributed by atoms with Crippen LogP contribution in [-0.2, 0) is 11.2 Å². The molecular formula is C17H16N2O3S. The van der Waals surface area contributed by atoms with Crippen molar-refractivity contribution in [2.45, 2.75) is 12.5 Å². The van der Waals surface area contributed by atoms with Crippen molar-refractivity contribution in [3.8, 4) is 0 Å². The van der Waals surface area contributed by atoms with E-state index in [9.17, 15) is 14.7 Å². The van der Waals surface area contributed by atoms with E-state index in [1.807, 2.05) is 30.3 Å². The summed E-state index contributed by atoms with van der Waals surface area (Å²) in [4.78, 5) is 23.3. The minimum atomic E-state index is -1.04. The number of carbonyl (C=O) groups is 2. The Balaban J connectivity index is 1.96. The molecule has 0 fully saturated rings. The van der Waals surface area contributed by atoms with Gasteiger partial charge in [-0.3, -0.25) is 10.1 Å². The Kier molecular flexibility index (Phi) is 5.82. The summed E-state index contributed by atoms with van der Waals surface area (Å²) in [5, 5.41) is 14.4. The molecule has 0 aliphatic carbocycles. The highest BCUT2D eigenvalue weighted by Crippen LogP contribution is 2.04. The van der Waals surface area contributed by atoms with E-state index < -0.39 is 12.0 Å². The molecular weight excluding hydrogens is 312 g/mol. The zero-order valence-corrected chi connectivity index (χ0v) is 13.0. The molecule has 0 bridgehead atoms. The third-order valence-corrected chi connectivity index (χ3v) is 3.37. The quantitative estimate of drug-likeness (QED) is 0.732. The fraction of sp³-hybridized carbons (Fsp3) is 0.118. The SMILES string of the molecule is O=C(NC(=S)N[C@H](Cc1ccccc1)C(=O)O)c1ccccc1. The van der Waals surface area contributed by atoms with Crippen molar-refractivity contribution in [3.05, 3.63) is 71.8 Å². The number of nitrogens with one attached hydrogen (secondary N) is 2. The summed E-state index contributed by atoms with van der Waals surface area (Å²) >= 11 is 5.04. The lowest BCUT2D eigenvalue weighted by Gasteiger charge is -2.17. The first-order chi connectivity index (χ1) is 11.1. The number of aliphatic carboxylic acids is 1. The van der Waals surface area contributed by atoms with Gasteiger partial charge in [-0.25, -0.2) is 4.79 Å². The molecule has 0 saturated carbocycles.